The minimum atomic E-state index is -0.142. The average Bonchev–Trinajstić information content (AvgIpc) is 3.43. The molecule has 0 radical (unpaired) electrons. The number of rotatable bonds is 4. The molecule has 0 bridgehead atoms. The number of ether oxygens (including phenoxy) is 1. The third kappa shape index (κ3) is 3.26. The summed E-state index contributed by atoms with van der Waals surface area (Å²) in [6, 6.07) is 0.181. The van der Waals surface area contributed by atoms with E-state index in [1.165, 1.54) is 0 Å². The lowest BCUT2D eigenvalue weighted by Gasteiger charge is -2.22. The Labute approximate surface area is 166 Å². The van der Waals surface area contributed by atoms with Gasteiger partial charge in [-0.15, -0.1) is 0 Å². The second-order valence-corrected chi connectivity index (χ2v) is 8.61. The smallest absolute Gasteiger partial charge is 0.257 e. The van der Waals surface area contributed by atoms with Gasteiger partial charge in [-0.25, -0.2) is 4.98 Å². The molecular formula is C19H23N5O3S. The van der Waals surface area contributed by atoms with E-state index in [1.807, 2.05) is 10.9 Å². The van der Waals surface area contributed by atoms with Gasteiger partial charge in [-0.05, 0) is 32.1 Å². The molecule has 4 heterocycles. The van der Waals surface area contributed by atoms with Gasteiger partial charge in [-0.2, -0.15) is 5.10 Å². The van der Waals surface area contributed by atoms with Crippen molar-refractivity contribution >= 4 is 23.4 Å². The van der Waals surface area contributed by atoms with Gasteiger partial charge in [-0.1, -0.05) is 11.8 Å². The number of thioether (sulfide) groups is 1. The maximum Gasteiger partial charge on any atom is 0.257 e. The van der Waals surface area contributed by atoms with Crippen molar-refractivity contribution in [3.8, 4) is 0 Å². The number of nitrogens with one attached hydrogen (secondary N) is 1. The summed E-state index contributed by atoms with van der Waals surface area (Å²) in [4.78, 5) is 30.1. The van der Waals surface area contributed by atoms with Crippen molar-refractivity contribution < 1.29 is 9.53 Å². The standard InChI is InChI=1S/C19H23N5O3S/c25-17(21-12-9-20-23(10-12)13-4-6-27-7-5-13)8-14-11-28-19-22-16-3-1-2-15(16)18(26)24(14)19/h9-10,13-14H,1-8,11H2,(H,21,25). The number of carbonyl (C=O) groups is 1. The number of hydrogen-bond acceptors (Lipinski definition) is 6. The Balaban J connectivity index is 1.27. The van der Waals surface area contributed by atoms with Gasteiger partial charge in [0.15, 0.2) is 5.16 Å². The molecule has 1 unspecified atom stereocenters. The predicted molar refractivity (Wildman–Crippen MR) is 105 cm³/mol. The van der Waals surface area contributed by atoms with Crippen LogP contribution in [0.5, 0.6) is 0 Å². The molecule has 2 aromatic heterocycles. The van der Waals surface area contributed by atoms with Crippen molar-refractivity contribution in [1.82, 2.24) is 19.3 Å². The second-order valence-electron chi connectivity index (χ2n) is 7.62. The zero-order chi connectivity index (χ0) is 19.1. The Bertz CT molecular complexity index is 963. The fourth-order valence-electron chi connectivity index (χ4n) is 4.28. The van der Waals surface area contributed by atoms with E-state index >= 15 is 0 Å². The zero-order valence-corrected chi connectivity index (χ0v) is 16.4. The summed E-state index contributed by atoms with van der Waals surface area (Å²) in [5.41, 5.74) is 2.54. The highest BCUT2D eigenvalue weighted by atomic mass is 32.2. The molecule has 148 valence electrons. The number of aromatic nitrogens is 4. The van der Waals surface area contributed by atoms with Gasteiger partial charge in [0.1, 0.15) is 0 Å². The van der Waals surface area contributed by atoms with Gasteiger partial charge >= 0.3 is 0 Å². The lowest BCUT2D eigenvalue weighted by molar-refractivity contribution is -0.116. The molecule has 0 aromatic carbocycles. The molecule has 9 heteroatoms. The van der Waals surface area contributed by atoms with Crippen molar-refractivity contribution in [3.63, 3.8) is 0 Å². The van der Waals surface area contributed by atoms with Gasteiger partial charge in [-0.3, -0.25) is 18.8 Å². The van der Waals surface area contributed by atoms with Crippen LogP contribution in [0.4, 0.5) is 5.69 Å². The summed E-state index contributed by atoms with van der Waals surface area (Å²) >= 11 is 1.57. The summed E-state index contributed by atoms with van der Waals surface area (Å²) < 4.78 is 9.04. The van der Waals surface area contributed by atoms with E-state index < -0.39 is 0 Å². The number of hydrogen-bond donors (Lipinski definition) is 1. The Kier molecular flexibility index (Phi) is 4.72. The molecule has 2 aliphatic heterocycles. The molecule has 1 saturated heterocycles. The minimum absolute atomic E-state index is 0.0487. The Morgan fingerprint density at radius 2 is 2.18 bits per heavy atom. The van der Waals surface area contributed by atoms with Crippen LogP contribution in [0.25, 0.3) is 0 Å². The average molecular weight is 401 g/mol. The molecule has 3 aliphatic rings. The van der Waals surface area contributed by atoms with Crippen molar-refractivity contribution in [2.75, 3.05) is 24.3 Å². The van der Waals surface area contributed by atoms with Crippen LogP contribution in [0.1, 0.15) is 49.0 Å². The summed E-state index contributed by atoms with van der Waals surface area (Å²) in [5, 5.41) is 8.08. The number of aryl methyl sites for hydroxylation is 1. The van der Waals surface area contributed by atoms with Crippen molar-refractivity contribution in [2.24, 2.45) is 0 Å². The van der Waals surface area contributed by atoms with E-state index in [1.54, 1.807) is 22.5 Å². The maximum absolute atomic E-state index is 12.8. The molecule has 0 spiro atoms. The molecule has 28 heavy (non-hydrogen) atoms. The van der Waals surface area contributed by atoms with Crippen LogP contribution in [0.15, 0.2) is 22.3 Å². The van der Waals surface area contributed by atoms with E-state index in [2.05, 4.69) is 15.4 Å². The van der Waals surface area contributed by atoms with Crippen molar-refractivity contribution in [3.05, 3.63) is 34.0 Å². The second kappa shape index (κ2) is 7.36. The van der Waals surface area contributed by atoms with Gasteiger partial charge in [0.25, 0.3) is 5.56 Å². The van der Waals surface area contributed by atoms with E-state index in [9.17, 15) is 9.59 Å². The first-order chi connectivity index (χ1) is 13.7. The molecular weight excluding hydrogens is 378 g/mol. The van der Waals surface area contributed by atoms with Gasteiger partial charge in [0.05, 0.1) is 29.7 Å². The summed E-state index contributed by atoms with van der Waals surface area (Å²) in [7, 11) is 0. The fourth-order valence-corrected chi connectivity index (χ4v) is 5.43. The van der Waals surface area contributed by atoms with Crippen LogP contribution in [-0.4, -0.2) is 44.2 Å². The molecule has 1 atom stereocenters. The largest absolute Gasteiger partial charge is 0.381 e. The lowest BCUT2D eigenvalue weighted by atomic mass is 10.1. The number of amides is 1. The molecule has 8 nitrogen and oxygen atoms in total. The van der Waals surface area contributed by atoms with Gasteiger partial charge < -0.3 is 10.1 Å². The maximum atomic E-state index is 12.8. The third-order valence-corrected chi connectivity index (χ3v) is 6.84. The Morgan fingerprint density at radius 1 is 1.32 bits per heavy atom. The molecule has 1 aliphatic carbocycles. The number of nitrogens with zero attached hydrogens (tertiary/aromatic N) is 4. The number of fused-ring (bicyclic) bond motifs is 2. The topological polar surface area (TPSA) is 91.0 Å². The monoisotopic (exact) mass is 401 g/mol. The quantitative estimate of drug-likeness (QED) is 0.788. The molecule has 1 fully saturated rings. The van der Waals surface area contributed by atoms with Crippen LogP contribution >= 0.6 is 11.8 Å². The summed E-state index contributed by atoms with van der Waals surface area (Å²) in [6.07, 6.45) is 8.39. The third-order valence-electron chi connectivity index (χ3n) is 5.74. The van der Waals surface area contributed by atoms with E-state index in [0.29, 0.717) is 17.5 Å². The molecule has 0 saturated carbocycles. The Hall–Kier alpha value is -2.13. The molecule has 2 aromatic rings. The van der Waals surface area contributed by atoms with Crippen LogP contribution < -0.4 is 10.9 Å². The van der Waals surface area contributed by atoms with E-state index in [0.717, 1.165) is 61.7 Å². The highest BCUT2D eigenvalue weighted by Gasteiger charge is 2.31. The van der Waals surface area contributed by atoms with Gasteiger partial charge in [0, 0.05) is 37.1 Å². The zero-order valence-electron chi connectivity index (χ0n) is 15.6. The minimum Gasteiger partial charge on any atom is -0.381 e. The highest BCUT2D eigenvalue weighted by Crippen LogP contribution is 2.34. The van der Waals surface area contributed by atoms with E-state index in [-0.39, 0.29) is 23.9 Å². The number of anilines is 1. The number of carbonyl (C=O) groups excluding carboxylic acids is 1. The van der Waals surface area contributed by atoms with Crippen LogP contribution in [0.3, 0.4) is 0 Å². The SMILES string of the molecule is O=C(CC1CSc2nc3c(c(=O)n21)CCC3)Nc1cnn(C2CCOCC2)c1. The predicted octanol–water partition coefficient (Wildman–Crippen LogP) is 1.96. The van der Waals surface area contributed by atoms with Gasteiger partial charge in [0.2, 0.25) is 5.91 Å². The first-order valence-corrected chi connectivity index (χ1v) is 10.9. The normalized spacial score (nSPS) is 21.5. The fraction of sp³-hybridized carbons (Fsp3) is 0.579. The van der Waals surface area contributed by atoms with Crippen LogP contribution in [-0.2, 0) is 22.4 Å². The van der Waals surface area contributed by atoms with Crippen molar-refractivity contribution in [2.45, 2.75) is 55.8 Å². The van der Waals surface area contributed by atoms with Crippen LogP contribution in [0.2, 0.25) is 0 Å². The summed E-state index contributed by atoms with van der Waals surface area (Å²) in [6.45, 7) is 1.49. The summed E-state index contributed by atoms with van der Waals surface area (Å²) in [5.74, 6) is 0.609. The van der Waals surface area contributed by atoms with Crippen molar-refractivity contribution in [1.29, 1.82) is 0 Å². The molecule has 1 amide bonds. The first-order valence-electron chi connectivity index (χ1n) is 9.88. The molecule has 1 N–H and O–H groups in total. The van der Waals surface area contributed by atoms with Crippen LogP contribution in [0, 0.1) is 0 Å². The lowest BCUT2D eigenvalue weighted by Crippen LogP contribution is -2.30. The molecule has 5 rings (SSSR count). The highest BCUT2D eigenvalue weighted by molar-refractivity contribution is 7.99. The first kappa shape index (κ1) is 17.9. The van der Waals surface area contributed by atoms with E-state index in [4.69, 9.17) is 4.74 Å². The Morgan fingerprint density at radius 3 is 3.04 bits per heavy atom.